The molecule has 0 radical (unpaired) electrons. The Hall–Kier alpha value is -1.30. The van der Waals surface area contributed by atoms with Crippen molar-refractivity contribution in [3.05, 3.63) is 22.7 Å². The molecule has 0 aromatic heterocycles. The summed E-state index contributed by atoms with van der Waals surface area (Å²) in [5.74, 6) is 0.758. The fourth-order valence-electron chi connectivity index (χ4n) is 1.14. The Labute approximate surface area is 104 Å². The van der Waals surface area contributed by atoms with Gasteiger partial charge in [-0.2, -0.15) is 0 Å². The molecule has 0 saturated carbocycles. The summed E-state index contributed by atoms with van der Waals surface area (Å²) in [5.41, 5.74) is 0.258. The van der Waals surface area contributed by atoms with Crippen LogP contribution >= 0.6 is 11.6 Å². The predicted molar refractivity (Wildman–Crippen MR) is 61.8 cm³/mol. The van der Waals surface area contributed by atoms with Gasteiger partial charge in [0.2, 0.25) is 0 Å². The molecule has 0 heterocycles. The van der Waals surface area contributed by atoms with Crippen LogP contribution in [0.5, 0.6) is 11.5 Å². The Morgan fingerprint density at radius 2 is 1.82 bits per heavy atom. The monoisotopic (exact) mass is 260 g/mol. The molecule has 0 bridgehead atoms. The summed E-state index contributed by atoms with van der Waals surface area (Å²) < 4.78 is 20.0. The van der Waals surface area contributed by atoms with Crippen molar-refractivity contribution in [1.82, 2.24) is 0 Å². The summed E-state index contributed by atoms with van der Waals surface area (Å²) in [5, 5.41) is 0.250. The topological polar surface area (TPSA) is 54.0 Å². The second kappa shape index (κ2) is 7.11. The second-order valence-corrected chi connectivity index (χ2v) is 3.44. The number of benzene rings is 1. The maximum absolute atomic E-state index is 10.9. The third-order valence-corrected chi connectivity index (χ3v) is 2.17. The maximum Gasteiger partial charge on any atom is 0.188 e. The van der Waals surface area contributed by atoms with Crippen molar-refractivity contribution < 1.29 is 23.7 Å². The van der Waals surface area contributed by atoms with Gasteiger partial charge in [0.15, 0.2) is 19.9 Å². The van der Waals surface area contributed by atoms with Crippen LogP contribution in [0.4, 0.5) is 0 Å². The minimum atomic E-state index is 0.0188. The van der Waals surface area contributed by atoms with Gasteiger partial charge in [-0.15, -0.1) is 0 Å². The first-order valence-electron chi connectivity index (χ1n) is 4.75. The lowest BCUT2D eigenvalue weighted by molar-refractivity contribution is 0.0457. The van der Waals surface area contributed by atoms with Gasteiger partial charge < -0.3 is 18.9 Å². The van der Waals surface area contributed by atoms with Crippen LogP contribution < -0.4 is 9.47 Å². The van der Waals surface area contributed by atoms with E-state index in [2.05, 4.69) is 0 Å². The van der Waals surface area contributed by atoms with Crippen molar-refractivity contribution in [2.24, 2.45) is 0 Å². The van der Waals surface area contributed by atoms with E-state index in [1.54, 1.807) is 6.07 Å². The van der Waals surface area contributed by atoms with E-state index in [4.69, 9.17) is 30.5 Å². The molecule has 1 aromatic carbocycles. The summed E-state index contributed by atoms with van der Waals surface area (Å²) in [6, 6.07) is 3.07. The molecule has 0 atom stereocenters. The minimum Gasteiger partial charge on any atom is -0.467 e. The average Bonchev–Trinajstić information content (AvgIpc) is 2.33. The molecule has 94 valence electrons. The Morgan fingerprint density at radius 3 is 2.41 bits per heavy atom. The maximum atomic E-state index is 10.9. The van der Waals surface area contributed by atoms with E-state index in [1.165, 1.54) is 20.3 Å². The lowest BCUT2D eigenvalue weighted by Gasteiger charge is -2.11. The summed E-state index contributed by atoms with van der Waals surface area (Å²) >= 11 is 5.92. The number of hydrogen-bond acceptors (Lipinski definition) is 5. The van der Waals surface area contributed by atoms with E-state index >= 15 is 0 Å². The number of hydrogen-bond donors (Lipinski definition) is 0. The molecule has 0 aliphatic rings. The van der Waals surface area contributed by atoms with Gasteiger partial charge in [-0.3, -0.25) is 4.79 Å². The van der Waals surface area contributed by atoms with E-state index in [-0.39, 0.29) is 24.2 Å². The van der Waals surface area contributed by atoms with Gasteiger partial charge in [-0.1, -0.05) is 11.6 Å². The molecular weight excluding hydrogens is 248 g/mol. The highest BCUT2D eigenvalue weighted by Gasteiger charge is 2.11. The number of ether oxygens (including phenoxy) is 4. The number of halogens is 1. The highest BCUT2D eigenvalue weighted by molar-refractivity contribution is 6.33. The van der Waals surface area contributed by atoms with E-state index < -0.39 is 0 Å². The van der Waals surface area contributed by atoms with Crippen LogP contribution in [0.3, 0.4) is 0 Å². The predicted octanol–water partition coefficient (Wildman–Crippen LogP) is 2.12. The first-order valence-corrected chi connectivity index (χ1v) is 5.13. The Morgan fingerprint density at radius 1 is 1.18 bits per heavy atom. The van der Waals surface area contributed by atoms with Crippen LogP contribution in [0.15, 0.2) is 12.1 Å². The van der Waals surface area contributed by atoms with Gasteiger partial charge in [0, 0.05) is 20.3 Å². The molecule has 0 aliphatic carbocycles. The smallest absolute Gasteiger partial charge is 0.188 e. The summed E-state index contributed by atoms with van der Waals surface area (Å²) in [4.78, 5) is 10.9. The fraction of sp³-hybridized carbons (Fsp3) is 0.364. The molecule has 5 nitrogen and oxygen atoms in total. The summed E-state index contributed by atoms with van der Waals surface area (Å²) in [6.45, 7) is 0.103. The lowest BCUT2D eigenvalue weighted by atomic mass is 10.2. The van der Waals surface area contributed by atoms with Gasteiger partial charge in [0.25, 0.3) is 0 Å². The van der Waals surface area contributed by atoms with Crippen LogP contribution in [0.25, 0.3) is 0 Å². The SMILES string of the molecule is COCOc1cc(Cl)c(C=O)c(OCOC)c1. The zero-order valence-electron chi connectivity index (χ0n) is 9.57. The molecule has 0 saturated heterocycles. The number of methoxy groups -OCH3 is 2. The molecule has 6 heteroatoms. The van der Waals surface area contributed by atoms with E-state index in [0.29, 0.717) is 17.8 Å². The number of rotatable bonds is 7. The van der Waals surface area contributed by atoms with E-state index in [0.717, 1.165) is 0 Å². The lowest BCUT2D eigenvalue weighted by Crippen LogP contribution is -2.04. The number of aldehydes is 1. The highest BCUT2D eigenvalue weighted by Crippen LogP contribution is 2.31. The van der Waals surface area contributed by atoms with Crippen LogP contribution in [-0.4, -0.2) is 34.1 Å². The molecule has 0 fully saturated rings. The van der Waals surface area contributed by atoms with Crippen molar-refractivity contribution in [1.29, 1.82) is 0 Å². The number of carbonyl (C=O) groups is 1. The van der Waals surface area contributed by atoms with Gasteiger partial charge in [-0.25, -0.2) is 0 Å². The van der Waals surface area contributed by atoms with E-state index in [1.807, 2.05) is 0 Å². The zero-order valence-corrected chi connectivity index (χ0v) is 10.3. The first-order chi connectivity index (χ1) is 8.22. The van der Waals surface area contributed by atoms with Gasteiger partial charge >= 0.3 is 0 Å². The Bertz CT molecular complexity index is 380. The standard InChI is InChI=1S/C11H13ClO5/c1-14-6-16-8-3-10(12)9(5-13)11(4-8)17-7-15-2/h3-5H,6-7H2,1-2H3. The second-order valence-electron chi connectivity index (χ2n) is 3.04. The average molecular weight is 261 g/mol. The normalized spacial score (nSPS) is 10.1. The van der Waals surface area contributed by atoms with Crippen LogP contribution in [0.2, 0.25) is 5.02 Å². The summed E-state index contributed by atoms with van der Waals surface area (Å²) in [7, 11) is 2.98. The van der Waals surface area contributed by atoms with Gasteiger partial charge in [-0.05, 0) is 6.07 Å². The van der Waals surface area contributed by atoms with Crippen LogP contribution in [0, 0.1) is 0 Å². The quantitative estimate of drug-likeness (QED) is 0.555. The van der Waals surface area contributed by atoms with E-state index in [9.17, 15) is 4.79 Å². The number of carbonyl (C=O) groups excluding carboxylic acids is 1. The molecule has 0 spiro atoms. The van der Waals surface area contributed by atoms with Crippen molar-refractivity contribution in [2.45, 2.75) is 0 Å². The minimum absolute atomic E-state index is 0.0188. The van der Waals surface area contributed by atoms with Crippen molar-refractivity contribution >= 4 is 17.9 Å². The Kier molecular flexibility index (Phi) is 5.76. The van der Waals surface area contributed by atoms with Crippen molar-refractivity contribution in [2.75, 3.05) is 27.8 Å². The van der Waals surface area contributed by atoms with Crippen LogP contribution in [-0.2, 0) is 9.47 Å². The molecule has 0 amide bonds. The Balaban J connectivity index is 2.96. The van der Waals surface area contributed by atoms with Crippen molar-refractivity contribution in [3.8, 4) is 11.5 Å². The summed E-state index contributed by atoms with van der Waals surface area (Å²) in [6.07, 6.45) is 0.618. The van der Waals surface area contributed by atoms with Crippen LogP contribution in [0.1, 0.15) is 10.4 Å². The third kappa shape index (κ3) is 3.89. The molecule has 17 heavy (non-hydrogen) atoms. The largest absolute Gasteiger partial charge is 0.467 e. The molecule has 0 aliphatic heterocycles. The third-order valence-electron chi connectivity index (χ3n) is 1.86. The van der Waals surface area contributed by atoms with Gasteiger partial charge in [0.05, 0.1) is 10.6 Å². The molecule has 1 rings (SSSR count). The highest BCUT2D eigenvalue weighted by atomic mass is 35.5. The molecule has 0 N–H and O–H groups in total. The molecule has 1 aromatic rings. The zero-order chi connectivity index (χ0) is 12.7. The first kappa shape index (κ1) is 13.8. The molecule has 0 unspecified atom stereocenters. The fourth-order valence-corrected chi connectivity index (χ4v) is 1.38. The van der Waals surface area contributed by atoms with Crippen molar-refractivity contribution in [3.63, 3.8) is 0 Å². The molecular formula is C11H13ClO5. The van der Waals surface area contributed by atoms with Gasteiger partial charge in [0.1, 0.15) is 11.5 Å².